The van der Waals surface area contributed by atoms with Gasteiger partial charge >= 0.3 is 6.18 Å². The Labute approximate surface area is 169 Å². The van der Waals surface area contributed by atoms with Crippen LogP contribution in [0, 0.1) is 0 Å². The van der Waals surface area contributed by atoms with Crippen LogP contribution in [0.1, 0.15) is 11.1 Å². The minimum atomic E-state index is -4.49. The first kappa shape index (κ1) is 18.3. The lowest BCUT2D eigenvalue weighted by Crippen LogP contribution is -2.21. The number of hydrogen-bond acceptors (Lipinski definition) is 3. The molecule has 0 saturated carbocycles. The third-order valence-electron chi connectivity index (χ3n) is 5.16. The highest BCUT2D eigenvalue weighted by Gasteiger charge is 2.34. The molecule has 4 aromatic rings. The van der Waals surface area contributed by atoms with E-state index in [1.54, 1.807) is 18.6 Å². The van der Waals surface area contributed by atoms with E-state index in [1.165, 1.54) is 17.0 Å². The Balaban J connectivity index is 1.71. The van der Waals surface area contributed by atoms with E-state index in [9.17, 15) is 18.0 Å². The number of pyridine rings is 2. The topological polar surface area (TPSA) is 46.1 Å². The van der Waals surface area contributed by atoms with Gasteiger partial charge in [-0.15, -0.1) is 0 Å². The quantitative estimate of drug-likeness (QED) is 0.440. The highest BCUT2D eigenvalue weighted by molar-refractivity contribution is 6.14. The summed E-state index contributed by atoms with van der Waals surface area (Å²) in [6, 6.07) is 14.2. The molecule has 1 amide bonds. The summed E-state index contributed by atoms with van der Waals surface area (Å²) in [6.45, 7) is 0. The van der Waals surface area contributed by atoms with E-state index in [4.69, 9.17) is 0 Å². The van der Waals surface area contributed by atoms with Crippen LogP contribution in [-0.2, 0) is 17.4 Å². The second-order valence-electron chi connectivity index (χ2n) is 7.06. The monoisotopic (exact) mass is 405 g/mol. The van der Waals surface area contributed by atoms with E-state index < -0.39 is 11.7 Å². The second kappa shape index (κ2) is 6.66. The van der Waals surface area contributed by atoms with Gasteiger partial charge in [-0.1, -0.05) is 18.2 Å². The van der Waals surface area contributed by atoms with Crippen LogP contribution in [0.25, 0.3) is 22.0 Å². The normalized spacial score (nSPS) is 13.7. The average Bonchev–Trinajstić information content (AvgIpc) is 3.10. The van der Waals surface area contributed by atoms with Crippen LogP contribution < -0.4 is 4.90 Å². The number of alkyl halides is 3. The van der Waals surface area contributed by atoms with Crippen molar-refractivity contribution in [3.63, 3.8) is 0 Å². The SMILES string of the molecule is O=C1Cc2cnc3ccc(-c4cccnc4)cc3c2N1c1cccc(C(F)(F)F)c1. The number of rotatable bonds is 2. The molecule has 0 saturated heterocycles. The van der Waals surface area contributed by atoms with E-state index in [0.29, 0.717) is 22.2 Å². The molecule has 0 spiro atoms. The molecule has 5 rings (SSSR count). The van der Waals surface area contributed by atoms with Crippen LogP contribution in [0.2, 0.25) is 0 Å². The lowest BCUT2D eigenvalue weighted by atomic mass is 10.0. The van der Waals surface area contributed by atoms with Gasteiger partial charge in [-0.25, -0.2) is 0 Å². The van der Waals surface area contributed by atoms with Crippen LogP contribution in [0.3, 0.4) is 0 Å². The number of halogens is 3. The smallest absolute Gasteiger partial charge is 0.280 e. The maximum atomic E-state index is 13.2. The lowest BCUT2D eigenvalue weighted by Gasteiger charge is -2.21. The summed E-state index contributed by atoms with van der Waals surface area (Å²) in [5.74, 6) is -0.287. The molecule has 0 aliphatic carbocycles. The van der Waals surface area contributed by atoms with Gasteiger partial charge in [-0.05, 0) is 42.0 Å². The first-order valence-electron chi connectivity index (χ1n) is 9.24. The summed E-state index contributed by atoms with van der Waals surface area (Å²) in [5.41, 5.74) is 3.10. The molecule has 0 unspecified atom stereocenters. The summed E-state index contributed by atoms with van der Waals surface area (Å²) < 4.78 is 39.7. The summed E-state index contributed by atoms with van der Waals surface area (Å²) in [6.07, 6.45) is 0.624. The zero-order valence-electron chi connectivity index (χ0n) is 15.5. The minimum absolute atomic E-state index is 0.0889. The van der Waals surface area contributed by atoms with Crippen LogP contribution in [0.15, 0.2) is 73.2 Å². The zero-order valence-corrected chi connectivity index (χ0v) is 15.5. The maximum Gasteiger partial charge on any atom is 0.416 e. The third kappa shape index (κ3) is 2.99. The number of amides is 1. The summed E-state index contributed by atoms with van der Waals surface area (Å²) in [7, 11) is 0. The molecule has 4 nitrogen and oxygen atoms in total. The second-order valence-corrected chi connectivity index (χ2v) is 7.06. The number of nitrogens with zero attached hydrogens (tertiary/aromatic N) is 3. The Bertz CT molecular complexity index is 1290. The molecular weight excluding hydrogens is 391 g/mol. The van der Waals surface area contributed by atoms with Gasteiger partial charge in [0.15, 0.2) is 0 Å². The number of aromatic nitrogens is 2. The van der Waals surface area contributed by atoms with Gasteiger partial charge in [0.1, 0.15) is 0 Å². The van der Waals surface area contributed by atoms with Crippen molar-refractivity contribution in [2.45, 2.75) is 12.6 Å². The molecule has 0 fully saturated rings. The van der Waals surface area contributed by atoms with Crippen molar-refractivity contribution < 1.29 is 18.0 Å². The molecule has 0 radical (unpaired) electrons. The van der Waals surface area contributed by atoms with E-state index >= 15 is 0 Å². The molecule has 148 valence electrons. The van der Waals surface area contributed by atoms with Crippen molar-refractivity contribution in [1.29, 1.82) is 0 Å². The van der Waals surface area contributed by atoms with Gasteiger partial charge in [-0.3, -0.25) is 19.7 Å². The Morgan fingerprint density at radius 1 is 0.933 bits per heavy atom. The van der Waals surface area contributed by atoms with Crippen LogP contribution in [-0.4, -0.2) is 15.9 Å². The number of carbonyl (C=O) groups excluding carboxylic acids is 1. The number of benzene rings is 2. The van der Waals surface area contributed by atoms with Gasteiger partial charge < -0.3 is 0 Å². The van der Waals surface area contributed by atoms with Crippen molar-refractivity contribution in [1.82, 2.24) is 9.97 Å². The van der Waals surface area contributed by atoms with E-state index in [2.05, 4.69) is 9.97 Å². The summed E-state index contributed by atoms with van der Waals surface area (Å²) in [4.78, 5) is 22.7. The van der Waals surface area contributed by atoms with E-state index in [-0.39, 0.29) is 18.0 Å². The molecule has 2 aromatic carbocycles. The van der Waals surface area contributed by atoms with Crippen molar-refractivity contribution in [2.24, 2.45) is 0 Å². The molecule has 2 aromatic heterocycles. The molecular formula is C23H14F3N3O. The highest BCUT2D eigenvalue weighted by Crippen LogP contribution is 2.42. The lowest BCUT2D eigenvalue weighted by molar-refractivity contribution is -0.137. The Kier molecular flexibility index (Phi) is 4.06. The molecule has 30 heavy (non-hydrogen) atoms. The fraction of sp³-hybridized carbons (Fsp3) is 0.0870. The van der Waals surface area contributed by atoms with Crippen molar-refractivity contribution in [3.8, 4) is 11.1 Å². The highest BCUT2D eigenvalue weighted by atomic mass is 19.4. The predicted molar refractivity (Wildman–Crippen MR) is 107 cm³/mol. The Morgan fingerprint density at radius 3 is 2.57 bits per heavy atom. The fourth-order valence-corrected chi connectivity index (χ4v) is 3.79. The standard InChI is InChI=1S/C23H14F3N3O/c24-23(25,26)17-4-1-5-18(11-17)29-21(30)10-16-13-28-20-7-6-14(9-19(20)22(16)29)15-3-2-8-27-12-15/h1-9,11-13H,10H2. The molecule has 0 atom stereocenters. The van der Waals surface area contributed by atoms with Gasteiger partial charge in [0.25, 0.3) is 0 Å². The van der Waals surface area contributed by atoms with Gasteiger partial charge in [0.2, 0.25) is 5.91 Å². The number of fused-ring (bicyclic) bond motifs is 3. The summed E-state index contributed by atoms with van der Waals surface area (Å²) in [5, 5.41) is 0.706. The van der Waals surface area contributed by atoms with Crippen LogP contribution in [0.5, 0.6) is 0 Å². The largest absolute Gasteiger partial charge is 0.416 e. The van der Waals surface area contributed by atoms with Crippen LogP contribution >= 0.6 is 0 Å². The maximum absolute atomic E-state index is 13.2. The van der Waals surface area contributed by atoms with Gasteiger partial charge in [-0.2, -0.15) is 13.2 Å². The Hall–Kier alpha value is -3.74. The first-order valence-corrected chi connectivity index (χ1v) is 9.24. The molecule has 0 N–H and O–H groups in total. The predicted octanol–water partition coefficient (Wildman–Crippen LogP) is 5.54. The molecule has 3 heterocycles. The zero-order chi connectivity index (χ0) is 20.9. The molecule has 1 aliphatic heterocycles. The van der Waals surface area contributed by atoms with Gasteiger partial charge in [0, 0.05) is 40.8 Å². The van der Waals surface area contributed by atoms with E-state index in [0.717, 1.165) is 23.3 Å². The minimum Gasteiger partial charge on any atom is -0.280 e. The van der Waals surface area contributed by atoms with Gasteiger partial charge in [0.05, 0.1) is 23.2 Å². The van der Waals surface area contributed by atoms with Crippen LogP contribution in [0.4, 0.5) is 24.5 Å². The summed E-state index contributed by atoms with van der Waals surface area (Å²) >= 11 is 0. The number of hydrogen-bond donors (Lipinski definition) is 0. The number of anilines is 2. The molecule has 7 heteroatoms. The van der Waals surface area contributed by atoms with Crippen molar-refractivity contribution in [2.75, 3.05) is 4.90 Å². The third-order valence-corrected chi connectivity index (χ3v) is 5.16. The van der Waals surface area contributed by atoms with Crippen molar-refractivity contribution >= 4 is 28.2 Å². The fourth-order valence-electron chi connectivity index (χ4n) is 3.79. The molecule has 0 bridgehead atoms. The number of carbonyl (C=O) groups is 1. The van der Waals surface area contributed by atoms with E-state index in [1.807, 2.05) is 30.3 Å². The Morgan fingerprint density at radius 2 is 1.80 bits per heavy atom. The first-order chi connectivity index (χ1) is 14.4. The van der Waals surface area contributed by atoms with Crippen molar-refractivity contribution in [3.05, 3.63) is 84.3 Å². The molecule has 1 aliphatic rings. The average molecular weight is 405 g/mol.